The molecule has 4 aromatic rings. The van der Waals surface area contributed by atoms with Crippen molar-refractivity contribution >= 4 is 11.0 Å². The van der Waals surface area contributed by atoms with Crippen molar-refractivity contribution in [1.82, 2.24) is 9.97 Å². The van der Waals surface area contributed by atoms with E-state index in [2.05, 4.69) is 9.97 Å². The van der Waals surface area contributed by atoms with Crippen molar-refractivity contribution in [3.8, 4) is 17.1 Å². The van der Waals surface area contributed by atoms with Gasteiger partial charge in [-0.2, -0.15) is 13.2 Å². The molecule has 154 valence electrons. The van der Waals surface area contributed by atoms with E-state index in [4.69, 9.17) is 9.15 Å². The van der Waals surface area contributed by atoms with Crippen LogP contribution in [0, 0.1) is 6.92 Å². The Morgan fingerprint density at radius 1 is 1.10 bits per heavy atom. The van der Waals surface area contributed by atoms with Gasteiger partial charge in [0, 0.05) is 11.6 Å². The fourth-order valence-electron chi connectivity index (χ4n) is 3.12. The molecule has 5 nitrogen and oxygen atoms in total. The second kappa shape index (κ2) is 7.79. The maximum absolute atomic E-state index is 12.9. The molecule has 2 aromatic heterocycles. The predicted molar refractivity (Wildman–Crippen MR) is 104 cm³/mol. The number of aromatic nitrogens is 2. The highest BCUT2D eigenvalue weighted by molar-refractivity contribution is 5.94. The third-order valence-electron chi connectivity index (χ3n) is 4.57. The molecule has 0 aliphatic heterocycles. The Hall–Kier alpha value is -3.39. The van der Waals surface area contributed by atoms with Gasteiger partial charge < -0.3 is 14.3 Å². The summed E-state index contributed by atoms with van der Waals surface area (Å²) in [6, 6.07) is 15.9. The fraction of sp³-hybridized carbons (Fsp3) is 0.182. The lowest BCUT2D eigenvalue weighted by Gasteiger charge is -2.14. The number of furan rings is 1. The van der Waals surface area contributed by atoms with Crippen molar-refractivity contribution in [2.45, 2.75) is 25.8 Å². The molecule has 0 unspecified atom stereocenters. The van der Waals surface area contributed by atoms with E-state index in [-0.39, 0.29) is 5.82 Å². The Bertz CT molecular complexity index is 1170. The van der Waals surface area contributed by atoms with Gasteiger partial charge in [0.25, 0.3) is 0 Å². The van der Waals surface area contributed by atoms with Crippen molar-refractivity contribution in [2.75, 3.05) is 0 Å². The molecular weight excluding hydrogens is 397 g/mol. The van der Waals surface area contributed by atoms with Crippen molar-refractivity contribution in [2.24, 2.45) is 0 Å². The number of fused-ring (bicyclic) bond motifs is 1. The Morgan fingerprint density at radius 3 is 2.60 bits per heavy atom. The summed E-state index contributed by atoms with van der Waals surface area (Å²) >= 11 is 0. The lowest BCUT2D eigenvalue weighted by atomic mass is 10.1. The van der Waals surface area contributed by atoms with Crippen LogP contribution in [0.2, 0.25) is 0 Å². The van der Waals surface area contributed by atoms with E-state index >= 15 is 0 Å². The average Bonchev–Trinajstić information content (AvgIpc) is 3.07. The number of hydrogen-bond donors (Lipinski definition) is 1. The number of alkyl halides is 3. The minimum absolute atomic E-state index is 0.0345. The molecule has 0 spiro atoms. The van der Waals surface area contributed by atoms with E-state index < -0.39 is 18.0 Å². The van der Waals surface area contributed by atoms with Crippen LogP contribution in [0.15, 0.2) is 65.2 Å². The van der Waals surface area contributed by atoms with Crippen molar-refractivity contribution in [3.63, 3.8) is 0 Å². The first-order chi connectivity index (χ1) is 14.3. The van der Waals surface area contributed by atoms with E-state index in [0.29, 0.717) is 34.6 Å². The lowest BCUT2D eigenvalue weighted by Crippen LogP contribution is -2.21. The molecule has 2 heterocycles. The van der Waals surface area contributed by atoms with Crippen LogP contribution in [0.4, 0.5) is 13.2 Å². The molecule has 0 radical (unpaired) electrons. The van der Waals surface area contributed by atoms with Crippen molar-refractivity contribution in [3.05, 3.63) is 77.8 Å². The lowest BCUT2D eigenvalue weighted by molar-refractivity contribution is -0.207. The standard InChI is InChI=1S/C22H17F3N2O3/c1-13-19(21-26-10-9-17(27-21)20(28)22(23,24)25)16-11-15(7-8-18(16)30-13)29-12-14-5-3-2-4-6-14/h2-11,20,28H,12H2,1H3/t20-/m0/s1. The predicted octanol–water partition coefficient (Wildman–Crippen LogP) is 5.37. The number of aliphatic hydroxyl groups is 1. The number of ether oxygens (including phenoxy) is 1. The minimum atomic E-state index is -4.82. The van der Waals surface area contributed by atoms with Gasteiger partial charge >= 0.3 is 6.18 Å². The van der Waals surface area contributed by atoms with Gasteiger partial charge in [-0.05, 0) is 36.8 Å². The Labute approximate surface area is 169 Å². The van der Waals surface area contributed by atoms with Crippen LogP contribution in [-0.2, 0) is 6.61 Å². The third kappa shape index (κ3) is 3.99. The highest BCUT2D eigenvalue weighted by Crippen LogP contribution is 2.36. The van der Waals surface area contributed by atoms with E-state index in [9.17, 15) is 18.3 Å². The highest BCUT2D eigenvalue weighted by atomic mass is 19.4. The summed E-state index contributed by atoms with van der Waals surface area (Å²) in [5.41, 5.74) is 1.45. The Morgan fingerprint density at radius 2 is 1.87 bits per heavy atom. The van der Waals surface area contributed by atoms with Gasteiger partial charge in [0.05, 0.1) is 11.3 Å². The second-order valence-electron chi connectivity index (χ2n) is 6.71. The van der Waals surface area contributed by atoms with Crippen LogP contribution in [0.25, 0.3) is 22.4 Å². The molecule has 0 aliphatic rings. The molecule has 0 amide bonds. The molecule has 0 saturated heterocycles. The van der Waals surface area contributed by atoms with Gasteiger partial charge in [-0.15, -0.1) is 0 Å². The number of rotatable bonds is 5. The first-order valence-electron chi connectivity index (χ1n) is 9.11. The normalized spacial score (nSPS) is 12.8. The maximum atomic E-state index is 12.9. The smallest absolute Gasteiger partial charge is 0.420 e. The van der Waals surface area contributed by atoms with E-state index in [0.717, 1.165) is 11.6 Å². The minimum Gasteiger partial charge on any atom is -0.489 e. The van der Waals surface area contributed by atoms with Crippen LogP contribution in [0.3, 0.4) is 0 Å². The Kier molecular flexibility index (Phi) is 5.17. The SMILES string of the molecule is Cc1oc2ccc(OCc3ccccc3)cc2c1-c1nccc([C@H](O)C(F)(F)F)n1. The summed E-state index contributed by atoms with van der Waals surface area (Å²) in [6.07, 6.45) is -6.33. The largest absolute Gasteiger partial charge is 0.489 e. The van der Waals surface area contributed by atoms with Crippen molar-refractivity contribution in [1.29, 1.82) is 0 Å². The van der Waals surface area contributed by atoms with E-state index in [1.165, 1.54) is 6.20 Å². The highest BCUT2D eigenvalue weighted by Gasteiger charge is 2.40. The molecule has 0 saturated carbocycles. The summed E-state index contributed by atoms with van der Waals surface area (Å²) < 4.78 is 50.2. The third-order valence-corrected chi connectivity index (χ3v) is 4.57. The molecule has 0 aliphatic carbocycles. The van der Waals surface area contributed by atoms with Crippen LogP contribution >= 0.6 is 0 Å². The van der Waals surface area contributed by atoms with E-state index in [1.54, 1.807) is 25.1 Å². The number of nitrogens with zero attached hydrogens (tertiary/aromatic N) is 2. The fourth-order valence-corrected chi connectivity index (χ4v) is 3.12. The summed E-state index contributed by atoms with van der Waals surface area (Å²) in [5, 5.41) is 10.1. The molecule has 30 heavy (non-hydrogen) atoms. The average molecular weight is 414 g/mol. The number of aryl methyl sites for hydroxylation is 1. The summed E-state index contributed by atoms with van der Waals surface area (Å²) in [6.45, 7) is 2.04. The molecule has 2 aromatic carbocycles. The number of benzene rings is 2. The van der Waals surface area contributed by atoms with Crippen LogP contribution in [-0.4, -0.2) is 21.3 Å². The monoisotopic (exact) mass is 414 g/mol. The topological polar surface area (TPSA) is 68.4 Å². The molecule has 0 fully saturated rings. The summed E-state index contributed by atoms with van der Waals surface area (Å²) in [7, 11) is 0. The first kappa shape index (κ1) is 19.9. The number of aliphatic hydroxyl groups excluding tert-OH is 1. The first-order valence-corrected chi connectivity index (χ1v) is 9.11. The maximum Gasteiger partial charge on any atom is 0.420 e. The quantitative estimate of drug-likeness (QED) is 0.475. The van der Waals surface area contributed by atoms with Crippen LogP contribution < -0.4 is 4.74 Å². The zero-order valence-electron chi connectivity index (χ0n) is 15.8. The van der Waals surface area contributed by atoms with Gasteiger partial charge in [-0.1, -0.05) is 30.3 Å². The van der Waals surface area contributed by atoms with Gasteiger partial charge in [-0.25, -0.2) is 9.97 Å². The molecular formula is C22H17F3N2O3. The summed E-state index contributed by atoms with van der Waals surface area (Å²) in [5.74, 6) is 1.05. The van der Waals surface area contributed by atoms with Gasteiger partial charge in [0.1, 0.15) is 23.7 Å². The second-order valence-corrected chi connectivity index (χ2v) is 6.71. The zero-order chi connectivity index (χ0) is 21.3. The molecule has 8 heteroatoms. The van der Waals surface area contributed by atoms with E-state index in [1.807, 2.05) is 30.3 Å². The summed E-state index contributed by atoms with van der Waals surface area (Å²) in [4.78, 5) is 8.02. The molecule has 4 rings (SSSR count). The van der Waals surface area contributed by atoms with Gasteiger partial charge in [0.15, 0.2) is 11.9 Å². The number of hydrogen-bond acceptors (Lipinski definition) is 5. The number of halogens is 3. The van der Waals surface area contributed by atoms with Crippen molar-refractivity contribution < 1.29 is 27.4 Å². The molecule has 0 bridgehead atoms. The van der Waals surface area contributed by atoms with Crippen LogP contribution in [0.1, 0.15) is 23.1 Å². The van der Waals surface area contributed by atoms with Crippen LogP contribution in [0.5, 0.6) is 5.75 Å². The molecule has 1 N–H and O–H groups in total. The van der Waals surface area contributed by atoms with Gasteiger partial charge in [0.2, 0.25) is 0 Å². The Balaban J connectivity index is 1.70. The molecule has 1 atom stereocenters. The zero-order valence-corrected chi connectivity index (χ0v) is 15.8. The van der Waals surface area contributed by atoms with Gasteiger partial charge in [-0.3, -0.25) is 0 Å².